The summed E-state index contributed by atoms with van der Waals surface area (Å²) in [5.74, 6) is 0.782. The van der Waals surface area contributed by atoms with E-state index in [9.17, 15) is 0 Å². The van der Waals surface area contributed by atoms with Gasteiger partial charge in [-0.25, -0.2) is 4.98 Å². The Hall–Kier alpha value is -0.450. The van der Waals surface area contributed by atoms with Gasteiger partial charge in [0.1, 0.15) is 5.01 Å². The molecule has 0 spiro atoms. The summed E-state index contributed by atoms with van der Waals surface area (Å²) in [6, 6.07) is 0. The van der Waals surface area contributed by atoms with Crippen LogP contribution in [-0.4, -0.2) is 24.6 Å². The highest BCUT2D eigenvalue weighted by atomic mass is 32.1. The number of hydrogen-bond acceptors (Lipinski definition) is 4. The lowest BCUT2D eigenvalue weighted by Crippen LogP contribution is -2.39. The van der Waals surface area contributed by atoms with Crippen LogP contribution in [0.25, 0.3) is 0 Å². The molecule has 0 aliphatic carbocycles. The van der Waals surface area contributed by atoms with Gasteiger partial charge in [-0.1, -0.05) is 0 Å². The first-order chi connectivity index (χ1) is 7.18. The largest absolute Gasteiger partial charge is 0.316 e. The van der Waals surface area contributed by atoms with Crippen molar-refractivity contribution in [3.05, 3.63) is 16.6 Å². The highest BCUT2D eigenvalue weighted by molar-refractivity contribution is 7.09. The lowest BCUT2D eigenvalue weighted by Gasteiger charge is -2.25. The minimum Gasteiger partial charge on any atom is -0.316 e. The van der Waals surface area contributed by atoms with E-state index < -0.39 is 0 Å². The predicted molar refractivity (Wildman–Crippen MR) is 64.1 cm³/mol. The van der Waals surface area contributed by atoms with Crippen molar-refractivity contribution >= 4 is 11.3 Å². The van der Waals surface area contributed by atoms with Crippen LogP contribution in [0.4, 0.5) is 0 Å². The standard InChI is InChI=1S/C11H19N3S/c1-11(2,10-13-5-6-15-10)14-8-9-3-4-12-7-9/h5-6,9,12,14H,3-4,7-8H2,1-2H3. The second-order valence-electron chi connectivity index (χ2n) is 4.70. The zero-order chi connectivity index (χ0) is 10.7. The van der Waals surface area contributed by atoms with Gasteiger partial charge in [0.05, 0.1) is 5.54 Å². The molecule has 4 heteroatoms. The lowest BCUT2D eigenvalue weighted by molar-refractivity contribution is 0.363. The number of hydrogen-bond donors (Lipinski definition) is 2. The van der Waals surface area contributed by atoms with Crippen LogP contribution < -0.4 is 10.6 Å². The van der Waals surface area contributed by atoms with E-state index in [1.807, 2.05) is 11.6 Å². The van der Waals surface area contributed by atoms with E-state index in [-0.39, 0.29) is 5.54 Å². The van der Waals surface area contributed by atoms with Gasteiger partial charge in [-0.3, -0.25) is 0 Å². The highest BCUT2D eigenvalue weighted by Gasteiger charge is 2.24. The average Bonchev–Trinajstić information content (AvgIpc) is 2.88. The van der Waals surface area contributed by atoms with E-state index in [0.717, 1.165) is 19.0 Å². The van der Waals surface area contributed by atoms with Gasteiger partial charge in [-0.15, -0.1) is 11.3 Å². The molecule has 0 saturated carbocycles. The molecule has 2 N–H and O–H groups in total. The minimum atomic E-state index is 0.0107. The highest BCUT2D eigenvalue weighted by Crippen LogP contribution is 2.22. The first kappa shape index (κ1) is 11.0. The van der Waals surface area contributed by atoms with Crippen LogP contribution in [0, 0.1) is 5.92 Å². The molecule has 2 heterocycles. The van der Waals surface area contributed by atoms with Crippen molar-refractivity contribution in [2.45, 2.75) is 25.8 Å². The van der Waals surface area contributed by atoms with Crippen molar-refractivity contribution in [1.82, 2.24) is 15.6 Å². The number of nitrogens with zero attached hydrogens (tertiary/aromatic N) is 1. The van der Waals surface area contributed by atoms with Crippen LogP contribution in [0.2, 0.25) is 0 Å². The number of rotatable bonds is 4. The van der Waals surface area contributed by atoms with Crippen molar-refractivity contribution < 1.29 is 0 Å². The van der Waals surface area contributed by atoms with Crippen LogP contribution >= 0.6 is 11.3 Å². The van der Waals surface area contributed by atoms with Gasteiger partial charge in [0.2, 0.25) is 0 Å². The third-order valence-corrected chi connectivity index (χ3v) is 4.06. The molecule has 1 atom stereocenters. The average molecular weight is 225 g/mol. The topological polar surface area (TPSA) is 37.0 Å². The predicted octanol–water partition coefficient (Wildman–Crippen LogP) is 1.58. The molecule has 1 fully saturated rings. The van der Waals surface area contributed by atoms with Crippen LogP contribution in [0.5, 0.6) is 0 Å². The normalized spacial score (nSPS) is 22.1. The Balaban J connectivity index is 1.87. The second-order valence-corrected chi connectivity index (χ2v) is 5.60. The molecule has 2 rings (SSSR count). The molecule has 84 valence electrons. The van der Waals surface area contributed by atoms with E-state index in [1.54, 1.807) is 11.3 Å². The smallest absolute Gasteiger partial charge is 0.112 e. The summed E-state index contributed by atoms with van der Waals surface area (Å²) in [5, 5.41) is 10.2. The summed E-state index contributed by atoms with van der Waals surface area (Å²) < 4.78 is 0. The van der Waals surface area contributed by atoms with Gasteiger partial charge in [0.15, 0.2) is 0 Å². The first-order valence-electron chi connectivity index (χ1n) is 5.54. The molecule has 1 saturated heterocycles. The van der Waals surface area contributed by atoms with Crippen molar-refractivity contribution in [3.8, 4) is 0 Å². The van der Waals surface area contributed by atoms with E-state index >= 15 is 0 Å². The van der Waals surface area contributed by atoms with Crippen molar-refractivity contribution in [3.63, 3.8) is 0 Å². The SMILES string of the molecule is CC(C)(NCC1CCNC1)c1nccs1. The summed E-state index contributed by atoms with van der Waals surface area (Å²) in [6.45, 7) is 7.81. The fourth-order valence-corrected chi connectivity index (χ4v) is 2.64. The quantitative estimate of drug-likeness (QED) is 0.817. The fourth-order valence-electron chi connectivity index (χ4n) is 1.90. The molecule has 1 aromatic heterocycles. The number of nitrogens with one attached hydrogen (secondary N) is 2. The summed E-state index contributed by atoms with van der Waals surface area (Å²) in [7, 11) is 0. The number of aromatic nitrogens is 1. The Labute approximate surface area is 95.3 Å². The number of thiazole rings is 1. The maximum absolute atomic E-state index is 4.37. The molecule has 1 aromatic rings. The molecule has 0 radical (unpaired) electrons. The summed E-state index contributed by atoms with van der Waals surface area (Å²) in [4.78, 5) is 4.37. The van der Waals surface area contributed by atoms with Crippen LogP contribution in [0.1, 0.15) is 25.3 Å². The summed E-state index contributed by atoms with van der Waals surface area (Å²) >= 11 is 1.72. The van der Waals surface area contributed by atoms with E-state index in [4.69, 9.17) is 0 Å². The molecule has 1 aliphatic rings. The Bertz CT molecular complexity index is 289. The molecule has 1 aliphatic heterocycles. The summed E-state index contributed by atoms with van der Waals surface area (Å²) in [6.07, 6.45) is 3.17. The van der Waals surface area contributed by atoms with Gasteiger partial charge in [-0.05, 0) is 39.3 Å². The summed E-state index contributed by atoms with van der Waals surface area (Å²) in [5.41, 5.74) is 0.0107. The Morgan fingerprint density at radius 3 is 3.13 bits per heavy atom. The first-order valence-corrected chi connectivity index (χ1v) is 6.42. The lowest BCUT2D eigenvalue weighted by atomic mass is 10.0. The fraction of sp³-hybridized carbons (Fsp3) is 0.727. The van der Waals surface area contributed by atoms with Crippen molar-refractivity contribution in [1.29, 1.82) is 0 Å². The van der Waals surface area contributed by atoms with Gasteiger partial charge in [0.25, 0.3) is 0 Å². The Morgan fingerprint density at radius 1 is 1.67 bits per heavy atom. The maximum Gasteiger partial charge on any atom is 0.112 e. The zero-order valence-electron chi connectivity index (χ0n) is 9.42. The minimum absolute atomic E-state index is 0.0107. The molecule has 0 amide bonds. The van der Waals surface area contributed by atoms with Gasteiger partial charge < -0.3 is 10.6 Å². The molecule has 1 unspecified atom stereocenters. The molecular formula is C11H19N3S. The third kappa shape index (κ3) is 2.77. The second kappa shape index (κ2) is 4.60. The molecule has 3 nitrogen and oxygen atoms in total. The van der Waals surface area contributed by atoms with Crippen molar-refractivity contribution in [2.24, 2.45) is 5.92 Å². The van der Waals surface area contributed by atoms with Crippen LogP contribution in [0.3, 0.4) is 0 Å². The molecular weight excluding hydrogens is 206 g/mol. The van der Waals surface area contributed by atoms with Crippen LogP contribution in [-0.2, 0) is 5.54 Å². The van der Waals surface area contributed by atoms with E-state index in [0.29, 0.717) is 0 Å². The molecule has 15 heavy (non-hydrogen) atoms. The van der Waals surface area contributed by atoms with Crippen LogP contribution in [0.15, 0.2) is 11.6 Å². The molecule has 0 aromatic carbocycles. The van der Waals surface area contributed by atoms with E-state index in [1.165, 1.54) is 18.0 Å². The van der Waals surface area contributed by atoms with Gasteiger partial charge in [0, 0.05) is 18.1 Å². The van der Waals surface area contributed by atoms with Gasteiger partial charge in [-0.2, -0.15) is 0 Å². The Kier molecular flexibility index (Phi) is 3.38. The monoisotopic (exact) mass is 225 g/mol. The van der Waals surface area contributed by atoms with Gasteiger partial charge >= 0.3 is 0 Å². The van der Waals surface area contributed by atoms with Crippen molar-refractivity contribution in [2.75, 3.05) is 19.6 Å². The zero-order valence-corrected chi connectivity index (χ0v) is 10.2. The van der Waals surface area contributed by atoms with E-state index in [2.05, 4.69) is 29.5 Å². The maximum atomic E-state index is 4.37. The Morgan fingerprint density at radius 2 is 2.53 bits per heavy atom. The molecule has 0 bridgehead atoms. The third-order valence-electron chi connectivity index (χ3n) is 2.96.